The molecule has 1 heterocycles. The average molecular weight is 243 g/mol. The van der Waals surface area contributed by atoms with Gasteiger partial charge in [-0.15, -0.1) is 0 Å². The Morgan fingerprint density at radius 1 is 1.41 bits per heavy atom. The minimum Gasteiger partial charge on any atom is -0.377 e. The van der Waals surface area contributed by atoms with Crippen LogP contribution in [-0.4, -0.2) is 30.0 Å². The monoisotopic (exact) mass is 243 g/mol. The predicted molar refractivity (Wildman–Crippen MR) is 71.0 cm³/mol. The van der Waals surface area contributed by atoms with Gasteiger partial charge in [0.1, 0.15) is 0 Å². The third-order valence-electron chi connectivity index (χ3n) is 4.45. The van der Waals surface area contributed by atoms with E-state index in [2.05, 4.69) is 41.5 Å². The topological polar surface area (TPSA) is 44.5 Å². The molecule has 0 aromatic heterocycles. The molecule has 3 atom stereocenters. The minimum atomic E-state index is -0.272. The Bertz CT molecular complexity index is 269. The quantitative estimate of drug-likeness (QED) is 0.825. The van der Waals surface area contributed by atoms with E-state index in [4.69, 9.17) is 15.2 Å². The summed E-state index contributed by atoms with van der Waals surface area (Å²) in [7, 11) is 1.75. The largest absolute Gasteiger partial charge is 0.377 e. The van der Waals surface area contributed by atoms with Crippen LogP contribution in [-0.2, 0) is 9.47 Å². The zero-order valence-corrected chi connectivity index (χ0v) is 12.5. The van der Waals surface area contributed by atoms with Gasteiger partial charge in [0.2, 0.25) is 0 Å². The molecule has 17 heavy (non-hydrogen) atoms. The summed E-state index contributed by atoms with van der Waals surface area (Å²) in [6.45, 7) is 12.8. The Balaban J connectivity index is 2.93. The van der Waals surface area contributed by atoms with Gasteiger partial charge in [-0.1, -0.05) is 6.92 Å². The Morgan fingerprint density at radius 3 is 2.24 bits per heavy atom. The highest BCUT2D eigenvalue weighted by atomic mass is 16.5. The average Bonchev–Trinajstić information content (AvgIpc) is 2.44. The summed E-state index contributed by atoms with van der Waals surface area (Å²) in [6, 6.07) is -0.00530. The second kappa shape index (κ2) is 4.52. The third-order valence-corrected chi connectivity index (χ3v) is 4.45. The first-order valence-electron chi connectivity index (χ1n) is 6.59. The third kappa shape index (κ3) is 2.83. The van der Waals surface area contributed by atoms with Gasteiger partial charge in [0.05, 0.1) is 16.8 Å². The SMILES string of the molecule is CCC(C)(OC)C(N)C1CC(C)(C)OC1(C)C. The zero-order valence-electron chi connectivity index (χ0n) is 12.5. The van der Waals surface area contributed by atoms with Gasteiger partial charge < -0.3 is 15.2 Å². The van der Waals surface area contributed by atoms with Crippen LogP contribution in [0.4, 0.5) is 0 Å². The molecule has 1 aliphatic rings. The second-order valence-electron chi connectivity index (χ2n) is 6.67. The lowest BCUT2D eigenvalue weighted by atomic mass is 9.74. The number of methoxy groups -OCH3 is 1. The maximum absolute atomic E-state index is 6.47. The summed E-state index contributed by atoms with van der Waals surface area (Å²) in [5.41, 5.74) is 5.93. The summed E-state index contributed by atoms with van der Waals surface area (Å²) in [6.07, 6.45) is 1.90. The Morgan fingerprint density at radius 2 is 1.94 bits per heavy atom. The van der Waals surface area contributed by atoms with Crippen molar-refractivity contribution in [2.75, 3.05) is 7.11 Å². The number of nitrogens with two attached hydrogens (primary N) is 1. The first-order valence-corrected chi connectivity index (χ1v) is 6.59. The summed E-state index contributed by atoms with van der Waals surface area (Å²) in [5, 5.41) is 0. The number of ether oxygens (including phenoxy) is 2. The molecule has 102 valence electrons. The van der Waals surface area contributed by atoms with Crippen molar-refractivity contribution in [2.24, 2.45) is 11.7 Å². The van der Waals surface area contributed by atoms with Crippen molar-refractivity contribution in [2.45, 2.75) is 77.2 Å². The number of hydrogen-bond acceptors (Lipinski definition) is 3. The molecular formula is C14H29NO2. The lowest BCUT2D eigenvalue weighted by molar-refractivity contribution is -0.0942. The fourth-order valence-corrected chi connectivity index (χ4v) is 3.11. The van der Waals surface area contributed by atoms with Gasteiger partial charge in [-0.25, -0.2) is 0 Å². The molecule has 0 spiro atoms. The maximum Gasteiger partial charge on any atom is 0.0802 e. The fourth-order valence-electron chi connectivity index (χ4n) is 3.11. The molecule has 0 aromatic carbocycles. The molecule has 3 nitrogen and oxygen atoms in total. The van der Waals surface area contributed by atoms with Crippen molar-refractivity contribution in [1.29, 1.82) is 0 Å². The molecule has 1 rings (SSSR count). The summed E-state index contributed by atoms with van der Waals surface area (Å²) < 4.78 is 11.8. The normalized spacial score (nSPS) is 32.1. The van der Waals surface area contributed by atoms with Crippen LogP contribution >= 0.6 is 0 Å². The molecular weight excluding hydrogens is 214 g/mol. The highest BCUT2D eigenvalue weighted by Gasteiger charge is 2.52. The molecule has 3 unspecified atom stereocenters. The lowest BCUT2D eigenvalue weighted by Gasteiger charge is -2.40. The van der Waals surface area contributed by atoms with Crippen LogP contribution in [0.5, 0.6) is 0 Å². The van der Waals surface area contributed by atoms with Crippen LogP contribution in [0, 0.1) is 5.92 Å². The van der Waals surface area contributed by atoms with Gasteiger partial charge in [-0.2, -0.15) is 0 Å². The van der Waals surface area contributed by atoms with E-state index in [0.29, 0.717) is 5.92 Å². The van der Waals surface area contributed by atoms with E-state index in [1.165, 1.54) is 0 Å². The maximum atomic E-state index is 6.47. The van der Waals surface area contributed by atoms with Gasteiger partial charge >= 0.3 is 0 Å². The van der Waals surface area contributed by atoms with E-state index in [9.17, 15) is 0 Å². The minimum absolute atomic E-state index is 0.00530. The van der Waals surface area contributed by atoms with Gasteiger partial charge in [0, 0.05) is 19.1 Å². The highest BCUT2D eigenvalue weighted by Crippen LogP contribution is 2.45. The van der Waals surface area contributed by atoms with Gasteiger partial charge in [-0.3, -0.25) is 0 Å². The standard InChI is InChI=1S/C14H29NO2/c1-8-14(6,16-7)11(15)10-9-12(2,3)17-13(10,4)5/h10-11H,8-9,15H2,1-7H3. The van der Waals surface area contributed by atoms with Crippen molar-refractivity contribution in [3.05, 3.63) is 0 Å². The van der Waals surface area contributed by atoms with Crippen molar-refractivity contribution < 1.29 is 9.47 Å². The molecule has 0 aliphatic carbocycles. The molecule has 0 saturated carbocycles. The zero-order chi connectivity index (χ0) is 13.5. The molecule has 1 fully saturated rings. The smallest absolute Gasteiger partial charge is 0.0802 e. The molecule has 3 heteroatoms. The Labute approximate surface area is 106 Å². The van der Waals surface area contributed by atoms with Crippen LogP contribution in [0.1, 0.15) is 54.4 Å². The molecule has 2 N–H and O–H groups in total. The van der Waals surface area contributed by atoms with Crippen molar-refractivity contribution in [1.82, 2.24) is 0 Å². The second-order valence-corrected chi connectivity index (χ2v) is 6.67. The van der Waals surface area contributed by atoms with E-state index in [1.54, 1.807) is 7.11 Å². The van der Waals surface area contributed by atoms with Gasteiger partial charge in [-0.05, 0) is 47.5 Å². The molecule has 1 aliphatic heterocycles. The molecule has 0 radical (unpaired) electrons. The van der Waals surface area contributed by atoms with Crippen LogP contribution in [0.2, 0.25) is 0 Å². The molecule has 0 aromatic rings. The molecule has 1 saturated heterocycles. The lowest BCUT2D eigenvalue weighted by Crippen LogP contribution is -2.55. The summed E-state index contributed by atoms with van der Waals surface area (Å²) in [4.78, 5) is 0. The van der Waals surface area contributed by atoms with Gasteiger partial charge in [0.15, 0.2) is 0 Å². The van der Waals surface area contributed by atoms with Crippen LogP contribution in [0.3, 0.4) is 0 Å². The van der Waals surface area contributed by atoms with E-state index < -0.39 is 0 Å². The van der Waals surface area contributed by atoms with Crippen molar-refractivity contribution >= 4 is 0 Å². The van der Waals surface area contributed by atoms with Crippen molar-refractivity contribution in [3.63, 3.8) is 0 Å². The Kier molecular flexibility index (Phi) is 3.98. The van der Waals surface area contributed by atoms with Crippen LogP contribution < -0.4 is 5.73 Å². The number of rotatable bonds is 4. The highest BCUT2D eigenvalue weighted by molar-refractivity contribution is 5.04. The number of hydrogen-bond donors (Lipinski definition) is 1. The predicted octanol–water partition coefficient (Wildman–Crippen LogP) is 2.72. The summed E-state index contributed by atoms with van der Waals surface area (Å²) in [5.74, 6) is 0.322. The van der Waals surface area contributed by atoms with E-state index in [1.807, 2.05) is 0 Å². The van der Waals surface area contributed by atoms with E-state index in [-0.39, 0.29) is 22.8 Å². The van der Waals surface area contributed by atoms with Gasteiger partial charge in [0.25, 0.3) is 0 Å². The molecule has 0 amide bonds. The first-order chi connectivity index (χ1) is 7.58. The van der Waals surface area contributed by atoms with E-state index >= 15 is 0 Å². The Hall–Kier alpha value is -0.120. The van der Waals surface area contributed by atoms with Crippen LogP contribution in [0.25, 0.3) is 0 Å². The van der Waals surface area contributed by atoms with Crippen LogP contribution in [0.15, 0.2) is 0 Å². The fraction of sp³-hybridized carbons (Fsp3) is 1.00. The van der Waals surface area contributed by atoms with Crippen molar-refractivity contribution in [3.8, 4) is 0 Å². The van der Waals surface area contributed by atoms with E-state index in [0.717, 1.165) is 12.8 Å². The summed E-state index contributed by atoms with van der Waals surface area (Å²) >= 11 is 0. The molecule has 0 bridgehead atoms. The first kappa shape index (κ1) is 14.9.